The zero-order valence-electron chi connectivity index (χ0n) is 19.6. The Bertz CT molecular complexity index is 891. The minimum Gasteiger partial charge on any atom is -0.494 e. The molecule has 3 unspecified atom stereocenters. The predicted molar refractivity (Wildman–Crippen MR) is 128 cm³/mol. The number of carbonyl (C=O) groups excluding carboxylic acids is 1. The lowest BCUT2D eigenvalue weighted by molar-refractivity contribution is -0.120. The van der Waals surface area contributed by atoms with Crippen molar-refractivity contribution in [2.75, 3.05) is 33.4 Å². The van der Waals surface area contributed by atoms with Gasteiger partial charge in [0.15, 0.2) is 11.6 Å². The Morgan fingerprint density at radius 2 is 1.94 bits per heavy atom. The summed E-state index contributed by atoms with van der Waals surface area (Å²) in [7, 11) is 1.48. The third kappa shape index (κ3) is 7.52. The molecular weight excluding hydrogens is 421 g/mol. The van der Waals surface area contributed by atoms with Crippen LogP contribution < -0.4 is 20.7 Å². The number of aliphatic hydroxyl groups is 1. The molecule has 180 valence electrons. The molecule has 1 aliphatic rings. The van der Waals surface area contributed by atoms with Gasteiger partial charge in [-0.2, -0.15) is 0 Å². The summed E-state index contributed by atoms with van der Waals surface area (Å²) in [5.74, 6) is 0.436. The van der Waals surface area contributed by atoms with E-state index in [2.05, 4.69) is 35.0 Å². The maximum Gasteiger partial charge on any atom is 0.224 e. The molecule has 0 radical (unpaired) electrons. The van der Waals surface area contributed by atoms with Crippen LogP contribution in [0.4, 0.5) is 4.39 Å². The topological polar surface area (TPSA) is 82.6 Å². The van der Waals surface area contributed by atoms with Crippen molar-refractivity contribution in [3.63, 3.8) is 0 Å². The Hall–Kier alpha value is -2.48. The van der Waals surface area contributed by atoms with Crippen LogP contribution in [0.15, 0.2) is 42.5 Å². The molecule has 1 amide bonds. The zero-order chi connectivity index (χ0) is 23.6. The summed E-state index contributed by atoms with van der Waals surface area (Å²) in [6.45, 7) is 3.93. The lowest BCUT2D eigenvalue weighted by atomic mass is 9.95. The molecule has 0 bridgehead atoms. The van der Waals surface area contributed by atoms with Gasteiger partial charge in [0.05, 0.1) is 20.1 Å². The molecule has 0 spiro atoms. The van der Waals surface area contributed by atoms with Gasteiger partial charge in [0.25, 0.3) is 0 Å². The molecular formula is C26H36FN3O3. The number of hydrogen-bond acceptors (Lipinski definition) is 5. The Kier molecular flexibility index (Phi) is 9.66. The molecule has 4 N–H and O–H groups in total. The second kappa shape index (κ2) is 12.7. The predicted octanol–water partition coefficient (Wildman–Crippen LogP) is 3.06. The third-order valence-corrected chi connectivity index (χ3v) is 6.32. The number of carbonyl (C=O) groups is 1. The normalized spacial score (nSPS) is 18.8. The molecule has 7 heteroatoms. The Morgan fingerprint density at radius 3 is 2.67 bits per heavy atom. The summed E-state index contributed by atoms with van der Waals surface area (Å²) >= 11 is 0. The number of amides is 1. The third-order valence-electron chi connectivity index (χ3n) is 6.32. The minimum absolute atomic E-state index is 0.00471. The monoisotopic (exact) mass is 457 g/mol. The van der Waals surface area contributed by atoms with Crippen LogP contribution in [0.2, 0.25) is 0 Å². The highest BCUT2D eigenvalue weighted by molar-refractivity contribution is 5.78. The summed E-state index contributed by atoms with van der Waals surface area (Å²) in [6, 6.07) is 13.9. The first-order valence-corrected chi connectivity index (χ1v) is 11.8. The molecule has 0 heterocycles. The summed E-state index contributed by atoms with van der Waals surface area (Å²) in [4.78, 5) is 12.1. The number of halogens is 1. The van der Waals surface area contributed by atoms with Crippen molar-refractivity contribution in [2.24, 2.45) is 0 Å². The molecule has 1 saturated carbocycles. The van der Waals surface area contributed by atoms with E-state index in [1.165, 1.54) is 18.7 Å². The fraction of sp³-hybridized carbons (Fsp3) is 0.500. The van der Waals surface area contributed by atoms with Crippen LogP contribution in [-0.2, 0) is 11.2 Å². The summed E-state index contributed by atoms with van der Waals surface area (Å²) in [6.07, 6.45) is 3.65. The highest BCUT2D eigenvalue weighted by Crippen LogP contribution is 2.36. The molecule has 1 aliphatic carbocycles. The Labute approximate surface area is 195 Å². The lowest BCUT2D eigenvalue weighted by Gasteiger charge is -2.21. The SMILES string of the molecule is COc1cc(C(C)NC2CCC(c3ccc(CC(=O)NCCNCCO)cc3)C2)ccc1F. The average Bonchev–Trinajstić information content (AvgIpc) is 3.28. The van der Waals surface area contributed by atoms with Crippen molar-refractivity contribution in [3.8, 4) is 5.75 Å². The molecule has 3 rings (SSSR count). The molecule has 6 nitrogen and oxygen atoms in total. The second-order valence-corrected chi connectivity index (χ2v) is 8.73. The molecule has 0 saturated heterocycles. The minimum atomic E-state index is -0.342. The molecule has 1 fully saturated rings. The molecule has 2 aromatic rings. The number of hydrogen-bond donors (Lipinski definition) is 4. The van der Waals surface area contributed by atoms with Crippen LogP contribution in [0, 0.1) is 5.82 Å². The van der Waals surface area contributed by atoms with Crippen LogP contribution >= 0.6 is 0 Å². The molecule has 0 aliphatic heterocycles. The van der Waals surface area contributed by atoms with Gasteiger partial charge >= 0.3 is 0 Å². The van der Waals surface area contributed by atoms with Gasteiger partial charge in [-0.15, -0.1) is 0 Å². The van der Waals surface area contributed by atoms with Crippen molar-refractivity contribution in [1.82, 2.24) is 16.0 Å². The van der Waals surface area contributed by atoms with E-state index < -0.39 is 0 Å². The van der Waals surface area contributed by atoms with Gasteiger partial charge in [-0.1, -0.05) is 30.3 Å². The van der Waals surface area contributed by atoms with Gasteiger partial charge in [0.1, 0.15) is 0 Å². The van der Waals surface area contributed by atoms with Gasteiger partial charge in [0, 0.05) is 31.7 Å². The van der Waals surface area contributed by atoms with Crippen molar-refractivity contribution >= 4 is 5.91 Å². The first kappa shape index (κ1) is 25.1. The maximum absolute atomic E-state index is 13.7. The summed E-state index contributed by atoms with van der Waals surface area (Å²) in [5.41, 5.74) is 3.34. The largest absolute Gasteiger partial charge is 0.494 e. The zero-order valence-corrected chi connectivity index (χ0v) is 19.6. The van der Waals surface area contributed by atoms with Gasteiger partial charge < -0.3 is 25.8 Å². The van der Waals surface area contributed by atoms with Gasteiger partial charge in [-0.25, -0.2) is 4.39 Å². The van der Waals surface area contributed by atoms with Crippen LogP contribution in [0.1, 0.15) is 54.8 Å². The standard InChI is InChI=1S/C26H36FN3O3/c1-18(21-8-10-24(27)25(17-21)33-2)30-23-9-7-22(16-23)20-5-3-19(4-6-20)15-26(32)29-12-11-28-13-14-31/h3-6,8,10,17-18,22-23,28,30-31H,7,9,11-16H2,1-2H3,(H,29,32). The summed E-state index contributed by atoms with van der Waals surface area (Å²) < 4.78 is 18.8. The molecule has 3 atom stereocenters. The van der Waals surface area contributed by atoms with Gasteiger partial charge in [-0.05, 0) is 60.9 Å². The number of methoxy groups -OCH3 is 1. The van der Waals surface area contributed by atoms with Crippen molar-refractivity contribution < 1.29 is 19.0 Å². The molecule has 2 aromatic carbocycles. The fourth-order valence-electron chi connectivity index (χ4n) is 4.48. The number of aliphatic hydroxyl groups excluding tert-OH is 1. The Balaban J connectivity index is 1.45. The fourth-order valence-corrected chi connectivity index (χ4v) is 4.48. The van der Waals surface area contributed by atoms with E-state index in [1.807, 2.05) is 18.2 Å². The van der Waals surface area contributed by atoms with E-state index in [9.17, 15) is 9.18 Å². The van der Waals surface area contributed by atoms with E-state index >= 15 is 0 Å². The Morgan fingerprint density at radius 1 is 1.15 bits per heavy atom. The van der Waals surface area contributed by atoms with Crippen LogP contribution in [0.3, 0.4) is 0 Å². The number of nitrogens with one attached hydrogen (secondary N) is 3. The first-order chi connectivity index (χ1) is 16.0. The van der Waals surface area contributed by atoms with E-state index in [1.54, 1.807) is 6.07 Å². The number of rotatable bonds is 12. The lowest BCUT2D eigenvalue weighted by Crippen LogP contribution is -2.33. The summed E-state index contributed by atoms with van der Waals surface area (Å²) in [5, 5.41) is 18.3. The smallest absolute Gasteiger partial charge is 0.224 e. The van der Waals surface area contributed by atoms with E-state index in [0.29, 0.717) is 38.0 Å². The van der Waals surface area contributed by atoms with Crippen LogP contribution in [-0.4, -0.2) is 50.4 Å². The van der Waals surface area contributed by atoms with Gasteiger partial charge in [-0.3, -0.25) is 4.79 Å². The number of ether oxygens (including phenoxy) is 1. The van der Waals surface area contributed by atoms with Gasteiger partial charge in [0.2, 0.25) is 5.91 Å². The van der Waals surface area contributed by atoms with Crippen molar-refractivity contribution in [3.05, 3.63) is 65.0 Å². The van der Waals surface area contributed by atoms with E-state index in [0.717, 1.165) is 30.4 Å². The quantitative estimate of drug-likeness (QED) is 0.368. The van der Waals surface area contributed by atoms with Crippen LogP contribution in [0.5, 0.6) is 5.75 Å². The van der Waals surface area contributed by atoms with Crippen molar-refractivity contribution in [1.29, 1.82) is 0 Å². The van der Waals surface area contributed by atoms with E-state index in [4.69, 9.17) is 9.84 Å². The maximum atomic E-state index is 13.7. The number of benzene rings is 2. The van der Waals surface area contributed by atoms with E-state index in [-0.39, 0.29) is 30.1 Å². The van der Waals surface area contributed by atoms with Crippen LogP contribution in [0.25, 0.3) is 0 Å². The second-order valence-electron chi connectivity index (χ2n) is 8.73. The molecule has 33 heavy (non-hydrogen) atoms. The highest BCUT2D eigenvalue weighted by Gasteiger charge is 2.27. The molecule has 0 aromatic heterocycles. The van der Waals surface area contributed by atoms with Crippen molar-refractivity contribution in [2.45, 2.75) is 50.6 Å². The average molecular weight is 458 g/mol. The first-order valence-electron chi connectivity index (χ1n) is 11.8. The highest BCUT2D eigenvalue weighted by atomic mass is 19.1.